The van der Waals surface area contributed by atoms with Crippen molar-refractivity contribution in [2.45, 2.75) is 38.6 Å². The quantitative estimate of drug-likeness (QED) is 0.758. The molecular formula is C17H27N3O. The van der Waals surface area contributed by atoms with Gasteiger partial charge in [0.05, 0.1) is 6.54 Å². The van der Waals surface area contributed by atoms with Gasteiger partial charge in [-0.05, 0) is 38.4 Å². The van der Waals surface area contributed by atoms with Gasteiger partial charge in [0.2, 0.25) is 5.91 Å². The highest BCUT2D eigenvalue weighted by Crippen LogP contribution is 2.21. The molecule has 1 fully saturated rings. The monoisotopic (exact) mass is 289 g/mol. The van der Waals surface area contributed by atoms with Crippen molar-refractivity contribution >= 4 is 11.6 Å². The van der Waals surface area contributed by atoms with Gasteiger partial charge in [-0.25, -0.2) is 0 Å². The van der Waals surface area contributed by atoms with Crippen LogP contribution in [0, 0.1) is 6.92 Å². The lowest BCUT2D eigenvalue weighted by Crippen LogP contribution is -2.37. The zero-order valence-corrected chi connectivity index (χ0v) is 13.2. The van der Waals surface area contributed by atoms with Gasteiger partial charge in [-0.15, -0.1) is 0 Å². The van der Waals surface area contributed by atoms with E-state index in [1.54, 1.807) is 0 Å². The summed E-state index contributed by atoms with van der Waals surface area (Å²) in [6.07, 6.45) is 5.37. The van der Waals surface area contributed by atoms with Gasteiger partial charge in [-0.1, -0.05) is 31.0 Å². The van der Waals surface area contributed by atoms with Crippen LogP contribution in [-0.2, 0) is 4.79 Å². The fourth-order valence-electron chi connectivity index (χ4n) is 2.89. The van der Waals surface area contributed by atoms with Crippen LogP contribution in [0.25, 0.3) is 0 Å². The molecule has 116 valence electrons. The van der Waals surface area contributed by atoms with E-state index >= 15 is 0 Å². The Morgan fingerprint density at radius 1 is 1.29 bits per heavy atom. The lowest BCUT2D eigenvalue weighted by Gasteiger charge is -2.23. The Bertz CT molecular complexity index is 455. The molecule has 0 radical (unpaired) electrons. The molecule has 1 amide bonds. The van der Waals surface area contributed by atoms with Gasteiger partial charge in [0.1, 0.15) is 0 Å². The second-order valence-electron chi connectivity index (χ2n) is 5.96. The summed E-state index contributed by atoms with van der Waals surface area (Å²) in [7, 11) is 2.19. The molecule has 0 unspecified atom stereocenters. The molecule has 1 aromatic rings. The Kier molecular flexibility index (Phi) is 6.21. The summed E-state index contributed by atoms with van der Waals surface area (Å²) in [5.41, 5.74) is 1.99. The van der Waals surface area contributed by atoms with E-state index in [1.807, 2.05) is 31.2 Å². The summed E-state index contributed by atoms with van der Waals surface area (Å²) in [4.78, 5) is 14.3. The molecule has 1 aromatic carbocycles. The number of rotatable bonds is 7. The van der Waals surface area contributed by atoms with E-state index in [2.05, 4.69) is 22.6 Å². The number of hydrogen-bond donors (Lipinski definition) is 2. The van der Waals surface area contributed by atoms with E-state index in [0.717, 1.165) is 30.4 Å². The van der Waals surface area contributed by atoms with E-state index in [9.17, 15) is 4.79 Å². The topological polar surface area (TPSA) is 44.4 Å². The molecule has 1 aliphatic carbocycles. The molecule has 0 aliphatic heterocycles. The van der Waals surface area contributed by atoms with Crippen LogP contribution in [0.4, 0.5) is 5.69 Å². The average Bonchev–Trinajstić information content (AvgIpc) is 3.00. The number of likely N-dealkylation sites (N-methyl/N-ethyl adjacent to an activating group) is 1. The first kappa shape index (κ1) is 16.0. The van der Waals surface area contributed by atoms with Crippen LogP contribution in [0.5, 0.6) is 0 Å². The third-order valence-corrected chi connectivity index (χ3v) is 4.29. The first-order chi connectivity index (χ1) is 10.2. The van der Waals surface area contributed by atoms with Gasteiger partial charge in [0.25, 0.3) is 0 Å². The molecule has 21 heavy (non-hydrogen) atoms. The van der Waals surface area contributed by atoms with E-state index < -0.39 is 0 Å². The highest BCUT2D eigenvalue weighted by Gasteiger charge is 2.18. The fourth-order valence-corrected chi connectivity index (χ4v) is 2.89. The van der Waals surface area contributed by atoms with Crippen LogP contribution in [0.1, 0.15) is 31.2 Å². The maximum absolute atomic E-state index is 11.9. The molecule has 4 nitrogen and oxygen atoms in total. The normalized spacial score (nSPS) is 15.6. The summed E-state index contributed by atoms with van der Waals surface area (Å²) < 4.78 is 0. The van der Waals surface area contributed by atoms with E-state index in [1.165, 1.54) is 25.7 Å². The van der Waals surface area contributed by atoms with Crippen molar-refractivity contribution in [2.75, 3.05) is 32.0 Å². The van der Waals surface area contributed by atoms with Crippen LogP contribution >= 0.6 is 0 Å². The van der Waals surface area contributed by atoms with Gasteiger partial charge in [-0.2, -0.15) is 0 Å². The number of para-hydroxylation sites is 1. The number of benzene rings is 1. The molecule has 0 aromatic heterocycles. The zero-order chi connectivity index (χ0) is 15.1. The van der Waals surface area contributed by atoms with Crippen molar-refractivity contribution in [3.8, 4) is 0 Å². The molecule has 4 heteroatoms. The van der Waals surface area contributed by atoms with Crippen molar-refractivity contribution < 1.29 is 4.79 Å². The molecule has 1 saturated carbocycles. The minimum Gasteiger partial charge on any atom is -0.325 e. The molecule has 0 spiro atoms. The standard InChI is InChI=1S/C17H27N3O/c1-14-7-3-6-10-16(14)19-17(21)13-18-11-12-20(2)15-8-4-5-9-15/h3,6-7,10,15,18H,4-5,8-9,11-13H2,1-2H3,(H,19,21). The van der Waals surface area contributed by atoms with Crippen LogP contribution in [0.3, 0.4) is 0 Å². The van der Waals surface area contributed by atoms with Crippen molar-refractivity contribution in [1.29, 1.82) is 0 Å². The summed E-state index contributed by atoms with van der Waals surface area (Å²) in [5.74, 6) is 0.0211. The molecule has 0 bridgehead atoms. The summed E-state index contributed by atoms with van der Waals surface area (Å²) in [5, 5.41) is 6.16. The van der Waals surface area contributed by atoms with Gasteiger partial charge in [-0.3, -0.25) is 4.79 Å². The maximum Gasteiger partial charge on any atom is 0.238 e. The van der Waals surface area contributed by atoms with Gasteiger partial charge in [0.15, 0.2) is 0 Å². The van der Waals surface area contributed by atoms with E-state index in [-0.39, 0.29) is 5.91 Å². The molecule has 0 heterocycles. The predicted molar refractivity (Wildman–Crippen MR) is 87.6 cm³/mol. The first-order valence-corrected chi connectivity index (χ1v) is 7.93. The lowest BCUT2D eigenvalue weighted by atomic mass is 10.2. The summed E-state index contributed by atoms with van der Waals surface area (Å²) in [6, 6.07) is 8.59. The maximum atomic E-state index is 11.9. The Hall–Kier alpha value is -1.39. The highest BCUT2D eigenvalue weighted by atomic mass is 16.1. The van der Waals surface area contributed by atoms with Crippen LogP contribution in [-0.4, -0.2) is 43.5 Å². The largest absolute Gasteiger partial charge is 0.325 e. The number of carbonyl (C=O) groups is 1. The van der Waals surface area contributed by atoms with Crippen molar-refractivity contribution in [1.82, 2.24) is 10.2 Å². The number of amides is 1. The van der Waals surface area contributed by atoms with Crippen LogP contribution in [0.15, 0.2) is 24.3 Å². The second kappa shape index (κ2) is 8.15. The van der Waals surface area contributed by atoms with Crippen LogP contribution < -0.4 is 10.6 Å². The van der Waals surface area contributed by atoms with Gasteiger partial charge in [0, 0.05) is 24.8 Å². The lowest BCUT2D eigenvalue weighted by molar-refractivity contribution is -0.115. The fraction of sp³-hybridized carbons (Fsp3) is 0.588. The number of nitrogens with one attached hydrogen (secondary N) is 2. The van der Waals surface area contributed by atoms with Crippen molar-refractivity contribution in [3.05, 3.63) is 29.8 Å². The highest BCUT2D eigenvalue weighted by molar-refractivity contribution is 5.92. The van der Waals surface area contributed by atoms with E-state index in [4.69, 9.17) is 0 Å². The predicted octanol–water partition coefficient (Wildman–Crippen LogP) is 2.40. The molecular weight excluding hydrogens is 262 g/mol. The van der Waals surface area contributed by atoms with Crippen molar-refractivity contribution in [3.63, 3.8) is 0 Å². The van der Waals surface area contributed by atoms with Crippen molar-refractivity contribution in [2.24, 2.45) is 0 Å². The van der Waals surface area contributed by atoms with E-state index in [0.29, 0.717) is 6.54 Å². The summed E-state index contributed by atoms with van der Waals surface area (Å²) in [6.45, 7) is 4.23. The molecule has 1 aliphatic rings. The smallest absolute Gasteiger partial charge is 0.238 e. The number of aryl methyl sites for hydroxylation is 1. The molecule has 2 rings (SSSR count). The average molecular weight is 289 g/mol. The number of hydrogen-bond acceptors (Lipinski definition) is 3. The minimum absolute atomic E-state index is 0.0211. The number of anilines is 1. The number of nitrogens with zero attached hydrogens (tertiary/aromatic N) is 1. The molecule has 2 N–H and O–H groups in total. The van der Waals surface area contributed by atoms with Crippen LogP contribution in [0.2, 0.25) is 0 Å². The molecule has 0 saturated heterocycles. The van der Waals surface area contributed by atoms with Gasteiger partial charge >= 0.3 is 0 Å². The van der Waals surface area contributed by atoms with Gasteiger partial charge < -0.3 is 15.5 Å². The second-order valence-corrected chi connectivity index (χ2v) is 5.96. The third kappa shape index (κ3) is 5.14. The summed E-state index contributed by atoms with van der Waals surface area (Å²) >= 11 is 0. The first-order valence-electron chi connectivity index (χ1n) is 7.93. The Morgan fingerprint density at radius 2 is 2.00 bits per heavy atom. The Morgan fingerprint density at radius 3 is 2.71 bits per heavy atom. The Balaban J connectivity index is 1.62. The third-order valence-electron chi connectivity index (χ3n) is 4.29. The molecule has 0 atom stereocenters. The Labute approximate surface area is 127 Å². The minimum atomic E-state index is 0.0211. The number of carbonyl (C=O) groups excluding carboxylic acids is 1. The SMILES string of the molecule is Cc1ccccc1NC(=O)CNCCN(C)C1CCCC1. The zero-order valence-electron chi connectivity index (χ0n) is 13.2.